The van der Waals surface area contributed by atoms with Gasteiger partial charge in [0.25, 0.3) is 0 Å². The molecule has 1 saturated heterocycles. The third-order valence-corrected chi connectivity index (χ3v) is 8.96. The van der Waals surface area contributed by atoms with Crippen LogP contribution in [0.2, 0.25) is 0 Å². The van der Waals surface area contributed by atoms with Gasteiger partial charge in [-0.2, -0.15) is 4.31 Å². The first-order valence-electron chi connectivity index (χ1n) is 11.3. The quantitative estimate of drug-likeness (QED) is 0.738. The predicted octanol–water partition coefficient (Wildman–Crippen LogP) is 4.49. The summed E-state index contributed by atoms with van der Waals surface area (Å²) in [6, 6.07) is 13.1. The SMILES string of the molecule is Cc1cccc(S(=O)(=O)N2CC[C@@H]3[C@H](CO)Nc4ccc(C5=CCCCC5)cc4[C@@H]32)c1. The fraction of sp³-hybridized carbons (Fsp3) is 0.440. The minimum absolute atomic E-state index is 0.00809. The highest BCUT2D eigenvalue weighted by Crippen LogP contribution is 2.49. The van der Waals surface area contributed by atoms with Gasteiger partial charge >= 0.3 is 0 Å². The zero-order valence-electron chi connectivity index (χ0n) is 17.9. The first kappa shape index (κ1) is 20.7. The van der Waals surface area contributed by atoms with Gasteiger partial charge in [-0.1, -0.05) is 24.3 Å². The second kappa shape index (κ2) is 8.08. The van der Waals surface area contributed by atoms with Gasteiger partial charge in [0.05, 0.1) is 23.6 Å². The van der Waals surface area contributed by atoms with Crippen LogP contribution in [-0.4, -0.2) is 37.0 Å². The summed E-state index contributed by atoms with van der Waals surface area (Å²) in [5, 5.41) is 13.5. The average Bonchev–Trinajstić information content (AvgIpc) is 3.25. The largest absolute Gasteiger partial charge is 0.394 e. The van der Waals surface area contributed by atoms with E-state index in [1.54, 1.807) is 22.5 Å². The Kier molecular flexibility index (Phi) is 5.40. The van der Waals surface area contributed by atoms with E-state index < -0.39 is 10.0 Å². The molecule has 0 aromatic heterocycles. The van der Waals surface area contributed by atoms with Crippen molar-refractivity contribution >= 4 is 21.3 Å². The highest BCUT2D eigenvalue weighted by molar-refractivity contribution is 7.89. The molecule has 5 rings (SSSR count). The molecule has 0 saturated carbocycles. The maximum atomic E-state index is 13.7. The molecule has 0 spiro atoms. The molecule has 6 heteroatoms. The van der Waals surface area contributed by atoms with Crippen LogP contribution in [0.4, 0.5) is 5.69 Å². The average molecular weight is 439 g/mol. The lowest BCUT2D eigenvalue weighted by atomic mass is 9.82. The van der Waals surface area contributed by atoms with Crippen LogP contribution in [0.3, 0.4) is 0 Å². The molecule has 3 atom stereocenters. The van der Waals surface area contributed by atoms with Crippen molar-refractivity contribution in [2.24, 2.45) is 5.92 Å². The summed E-state index contributed by atoms with van der Waals surface area (Å²) in [7, 11) is -3.63. The zero-order chi connectivity index (χ0) is 21.6. The minimum atomic E-state index is -3.63. The van der Waals surface area contributed by atoms with Crippen molar-refractivity contribution in [1.82, 2.24) is 4.31 Å². The molecule has 31 heavy (non-hydrogen) atoms. The van der Waals surface area contributed by atoms with Crippen molar-refractivity contribution in [1.29, 1.82) is 0 Å². The number of hydrogen-bond acceptors (Lipinski definition) is 4. The van der Waals surface area contributed by atoms with Gasteiger partial charge < -0.3 is 10.4 Å². The van der Waals surface area contributed by atoms with E-state index in [0.29, 0.717) is 11.4 Å². The molecule has 2 heterocycles. The summed E-state index contributed by atoms with van der Waals surface area (Å²) in [5.41, 5.74) is 5.46. The smallest absolute Gasteiger partial charge is 0.243 e. The van der Waals surface area contributed by atoms with Crippen LogP contribution in [0, 0.1) is 12.8 Å². The van der Waals surface area contributed by atoms with Crippen molar-refractivity contribution in [2.75, 3.05) is 18.5 Å². The summed E-state index contributed by atoms with van der Waals surface area (Å²) < 4.78 is 29.0. The van der Waals surface area contributed by atoms with Crippen LogP contribution < -0.4 is 5.32 Å². The second-order valence-electron chi connectivity index (χ2n) is 9.04. The molecule has 3 aliphatic rings. The number of benzene rings is 2. The van der Waals surface area contributed by atoms with E-state index in [4.69, 9.17) is 0 Å². The number of fused-ring (bicyclic) bond motifs is 3. The van der Waals surface area contributed by atoms with E-state index in [9.17, 15) is 13.5 Å². The van der Waals surface area contributed by atoms with Crippen LogP contribution in [0.25, 0.3) is 5.57 Å². The Balaban J connectivity index is 1.60. The lowest BCUT2D eigenvalue weighted by Crippen LogP contribution is -2.42. The molecule has 0 radical (unpaired) electrons. The number of hydrogen-bond donors (Lipinski definition) is 2. The number of rotatable bonds is 4. The Morgan fingerprint density at radius 1 is 1.16 bits per heavy atom. The maximum Gasteiger partial charge on any atom is 0.243 e. The van der Waals surface area contributed by atoms with Gasteiger partial charge in [0.15, 0.2) is 0 Å². The van der Waals surface area contributed by atoms with Crippen LogP contribution >= 0.6 is 0 Å². The zero-order valence-corrected chi connectivity index (χ0v) is 18.7. The Morgan fingerprint density at radius 3 is 2.77 bits per heavy atom. The van der Waals surface area contributed by atoms with Gasteiger partial charge in [0.2, 0.25) is 10.0 Å². The molecule has 164 valence electrons. The normalized spacial score (nSPS) is 26.0. The summed E-state index contributed by atoms with van der Waals surface area (Å²) in [4.78, 5) is 0.347. The van der Waals surface area contributed by atoms with E-state index in [0.717, 1.165) is 36.1 Å². The Morgan fingerprint density at radius 2 is 2.03 bits per heavy atom. The number of allylic oxidation sites excluding steroid dienone is 2. The number of aryl methyl sites for hydroxylation is 1. The van der Waals surface area contributed by atoms with Gasteiger partial charge in [0, 0.05) is 18.2 Å². The molecule has 2 aromatic rings. The van der Waals surface area contributed by atoms with Crippen molar-refractivity contribution in [3.05, 3.63) is 65.2 Å². The first-order valence-corrected chi connectivity index (χ1v) is 12.7. The van der Waals surface area contributed by atoms with Crippen LogP contribution in [0.5, 0.6) is 0 Å². The number of aliphatic hydroxyl groups is 1. The fourth-order valence-corrected chi connectivity index (χ4v) is 7.27. The third-order valence-electron chi connectivity index (χ3n) is 7.08. The van der Waals surface area contributed by atoms with Gasteiger partial charge in [-0.05, 0) is 85.6 Å². The minimum Gasteiger partial charge on any atom is -0.394 e. The first-order chi connectivity index (χ1) is 15.0. The number of anilines is 1. The monoisotopic (exact) mass is 438 g/mol. The van der Waals surface area contributed by atoms with Gasteiger partial charge in [0.1, 0.15) is 0 Å². The number of aliphatic hydroxyl groups excluding tert-OH is 1. The van der Waals surface area contributed by atoms with Gasteiger partial charge in [-0.3, -0.25) is 0 Å². The lowest BCUT2D eigenvalue weighted by Gasteiger charge is -2.39. The van der Waals surface area contributed by atoms with Gasteiger partial charge in [-0.25, -0.2) is 8.42 Å². The van der Waals surface area contributed by atoms with Crippen LogP contribution in [0.1, 0.15) is 54.8 Å². The van der Waals surface area contributed by atoms with E-state index in [1.807, 2.05) is 13.0 Å². The summed E-state index contributed by atoms with van der Waals surface area (Å²) in [5.74, 6) is 0.0488. The van der Waals surface area contributed by atoms with Crippen molar-refractivity contribution in [3.8, 4) is 0 Å². The third kappa shape index (κ3) is 3.60. The highest BCUT2D eigenvalue weighted by Gasteiger charge is 2.48. The Bertz CT molecular complexity index is 1130. The molecular formula is C25H30N2O3S. The number of nitrogens with one attached hydrogen (secondary N) is 1. The van der Waals surface area contributed by atoms with Gasteiger partial charge in [-0.15, -0.1) is 0 Å². The van der Waals surface area contributed by atoms with E-state index in [2.05, 4.69) is 29.6 Å². The maximum absolute atomic E-state index is 13.7. The lowest BCUT2D eigenvalue weighted by molar-refractivity contribution is 0.210. The molecule has 2 aromatic carbocycles. The Hall–Kier alpha value is -2.15. The molecule has 2 N–H and O–H groups in total. The van der Waals surface area contributed by atoms with E-state index >= 15 is 0 Å². The van der Waals surface area contributed by atoms with E-state index in [-0.39, 0.29) is 24.6 Å². The molecule has 2 aliphatic heterocycles. The summed E-state index contributed by atoms with van der Waals surface area (Å²) >= 11 is 0. The Labute approximate surface area is 184 Å². The molecule has 0 bridgehead atoms. The fourth-order valence-electron chi connectivity index (χ4n) is 5.50. The second-order valence-corrected chi connectivity index (χ2v) is 10.9. The highest BCUT2D eigenvalue weighted by atomic mass is 32.2. The van der Waals surface area contributed by atoms with Crippen LogP contribution in [0.15, 0.2) is 53.4 Å². The molecule has 1 aliphatic carbocycles. The number of nitrogens with zero attached hydrogens (tertiary/aromatic N) is 1. The summed E-state index contributed by atoms with van der Waals surface area (Å²) in [6.07, 6.45) is 7.68. The molecule has 5 nitrogen and oxygen atoms in total. The topological polar surface area (TPSA) is 69.6 Å². The van der Waals surface area contributed by atoms with Crippen molar-refractivity contribution in [2.45, 2.75) is 56.0 Å². The molecule has 1 fully saturated rings. The predicted molar refractivity (Wildman–Crippen MR) is 123 cm³/mol. The van der Waals surface area contributed by atoms with E-state index in [1.165, 1.54) is 24.0 Å². The standard InChI is InChI=1S/C25H30N2O3S/c1-17-6-5-9-20(14-17)31(29,30)27-13-12-21-24(16-28)26-23-11-10-19(15-22(23)25(21)27)18-7-3-2-4-8-18/h5-7,9-11,14-15,21,24-26,28H,2-4,8,12-13,16H2,1H3/t21-,24+,25-/m1/s1. The molecular weight excluding hydrogens is 408 g/mol. The van der Waals surface area contributed by atoms with Crippen LogP contribution in [-0.2, 0) is 10.0 Å². The van der Waals surface area contributed by atoms with Crippen molar-refractivity contribution in [3.63, 3.8) is 0 Å². The van der Waals surface area contributed by atoms with Crippen molar-refractivity contribution < 1.29 is 13.5 Å². The molecule has 0 amide bonds. The molecule has 0 unspecified atom stereocenters. The summed E-state index contributed by atoms with van der Waals surface area (Å²) in [6.45, 7) is 2.37. The number of sulfonamides is 1.